The predicted molar refractivity (Wildman–Crippen MR) is 70.0 cm³/mol. The van der Waals surface area contributed by atoms with Gasteiger partial charge in [0.25, 0.3) is 0 Å². The maximum Gasteiger partial charge on any atom is 0.218 e. The minimum absolute atomic E-state index is 0.510. The van der Waals surface area contributed by atoms with Gasteiger partial charge in [-0.05, 0) is 19.8 Å². The quantitative estimate of drug-likeness (QED) is 0.785. The lowest BCUT2D eigenvalue weighted by Crippen LogP contribution is -2.16. The molecule has 0 unspecified atom stereocenters. The van der Waals surface area contributed by atoms with Crippen molar-refractivity contribution in [3.05, 3.63) is 11.9 Å². The molecule has 5 heteroatoms. The summed E-state index contributed by atoms with van der Waals surface area (Å²) in [5.41, 5.74) is 0. The molecule has 1 aromatic heterocycles. The molecule has 0 saturated heterocycles. The fourth-order valence-corrected chi connectivity index (χ4v) is 2.20. The molecule has 1 aliphatic carbocycles. The average Bonchev–Trinajstić information content (AvgIpc) is 2.81. The maximum atomic E-state index is 5.52. The van der Waals surface area contributed by atoms with E-state index in [0.717, 1.165) is 11.6 Å². The summed E-state index contributed by atoms with van der Waals surface area (Å²) < 4.78 is 10.5. The molecular formula is C13H21N3O2. The molecule has 0 aromatic carbocycles. The minimum Gasteiger partial charge on any atom is -0.475 e. The van der Waals surface area contributed by atoms with Crippen LogP contribution in [0.1, 0.15) is 31.5 Å². The second kappa shape index (κ2) is 6.54. The van der Waals surface area contributed by atoms with Gasteiger partial charge in [0.1, 0.15) is 18.2 Å². The summed E-state index contributed by atoms with van der Waals surface area (Å²) in [5.74, 6) is 2.20. The first-order chi connectivity index (χ1) is 8.78. The Bertz CT molecular complexity index is 378. The Kier molecular flexibility index (Phi) is 4.75. The normalized spacial score (nSPS) is 15.9. The lowest BCUT2D eigenvalue weighted by Gasteiger charge is -2.14. The number of nitrogens with zero attached hydrogens (tertiary/aromatic N) is 2. The van der Waals surface area contributed by atoms with Crippen LogP contribution in [0.3, 0.4) is 0 Å². The molecule has 0 bridgehead atoms. The van der Waals surface area contributed by atoms with Gasteiger partial charge < -0.3 is 14.8 Å². The number of anilines is 1. The van der Waals surface area contributed by atoms with Crippen LogP contribution in [0.4, 0.5) is 5.82 Å². The van der Waals surface area contributed by atoms with Gasteiger partial charge in [-0.3, -0.25) is 0 Å². The number of methoxy groups -OCH3 is 1. The van der Waals surface area contributed by atoms with Crippen LogP contribution in [0.15, 0.2) is 6.07 Å². The summed E-state index contributed by atoms with van der Waals surface area (Å²) >= 11 is 0. The van der Waals surface area contributed by atoms with Crippen molar-refractivity contribution in [2.24, 2.45) is 0 Å². The first kappa shape index (κ1) is 13.1. The molecule has 1 saturated carbocycles. The van der Waals surface area contributed by atoms with Crippen LogP contribution < -0.4 is 10.1 Å². The van der Waals surface area contributed by atoms with E-state index in [2.05, 4.69) is 15.3 Å². The van der Waals surface area contributed by atoms with Crippen LogP contribution in [0.5, 0.6) is 5.88 Å². The molecule has 2 rings (SSSR count). The number of rotatable bonds is 6. The first-order valence-electron chi connectivity index (χ1n) is 6.52. The molecule has 0 amide bonds. The Labute approximate surface area is 108 Å². The van der Waals surface area contributed by atoms with Crippen LogP contribution in [-0.2, 0) is 4.74 Å². The van der Waals surface area contributed by atoms with Crippen LogP contribution in [0.2, 0.25) is 0 Å². The van der Waals surface area contributed by atoms with Crippen LogP contribution in [-0.4, -0.2) is 36.3 Å². The fourth-order valence-electron chi connectivity index (χ4n) is 2.20. The van der Waals surface area contributed by atoms with E-state index < -0.39 is 0 Å². The number of ether oxygens (including phenoxy) is 2. The van der Waals surface area contributed by atoms with E-state index in [9.17, 15) is 0 Å². The van der Waals surface area contributed by atoms with Crippen molar-refractivity contribution in [2.45, 2.75) is 38.6 Å². The Morgan fingerprint density at radius 2 is 2.06 bits per heavy atom. The molecule has 1 aromatic rings. The molecule has 0 radical (unpaired) electrons. The highest BCUT2D eigenvalue weighted by molar-refractivity contribution is 5.39. The zero-order valence-electron chi connectivity index (χ0n) is 11.1. The highest BCUT2D eigenvalue weighted by Gasteiger charge is 2.15. The summed E-state index contributed by atoms with van der Waals surface area (Å²) in [5, 5.41) is 3.45. The van der Waals surface area contributed by atoms with Crippen molar-refractivity contribution in [1.82, 2.24) is 9.97 Å². The molecular weight excluding hydrogens is 230 g/mol. The van der Waals surface area contributed by atoms with E-state index >= 15 is 0 Å². The molecule has 0 aliphatic heterocycles. The zero-order valence-corrected chi connectivity index (χ0v) is 11.1. The van der Waals surface area contributed by atoms with Crippen LogP contribution >= 0.6 is 0 Å². The number of hydrogen-bond donors (Lipinski definition) is 1. The van der Waals surface area contributed by atoms with E-state index in [4.69, 9.17) is 9.47 Å². The van der Waals surface area contributed by atoms with Crippen molar-refractivity contribution in [3.8, 4) is 5.88 Å². The molecule has 100 valence electrons. The largest absolute Gasteiger partial charge is 0.475 e. The highest BCUT2D eigenvalue weighted by Crippen LogP contribution is 2.22. The van der Waals surface area contributed by atoms with Crippen LogP contribution in [0, 0.1) is 6.92 Å². The van der Waals surface area contributed by atoms with Crippen molar-refractivity contribution < 1.29 is 9.47 Å². The minimum atomic E-state index is 0.510. The molecule has 1 N–H and O–H groups in total. The number of nitrogens with one attached hydrogen (secondary N) is 1. The summed E-state index contributed by atoms with van der Waals surface area (Å²) in [4.78, 5) is 8.64. The van der Waals surface area contributed by atoms with E-state index in [1.807, 2.05) is 13.0 Å². The zero-order chi connectivity index (χ0) is 12.8. The van der Waals surface area contributed by atoms with Crippen molar-refractivity contribution >= 4 is 5.82 Å². The summed E-state index contributed by atoms with van der Waals surface area (Å²) in [6, 6.07) is 2.41. The van der Waals surface area contributed by atoms with Gasteiger partial charge in [0, 0.05) is 19.2 Å². The van der Waals surface area contributed by atoms with Gasteiger partial charge in [-0.25, -0.2) is 4.98 Å². The molecule has 1 aliphatic rings. The second-order valence-corrected chi connectivity index (χ2v) is 4.61. The molecule has 1 heterocycles. The fraction of sp³-hybridized carbons (Fsp3) is 0.692. The molecule has 1 fully saturated rings. The van der Waals surface area contributed by atoms with E-state index in [1.165, 1.54) is 25.7 Å². The van der Waals surface area contributed by atoms with Gasteiger partial charge in [-0.2, -0.15) is 4.98 Å². The lowest BCUT2D eigenvalue weighted by atomic mass is 10.2. The molecule has 18 heavy (non-hydrogen) atoms. The Morgan fingerprint density at radius 1 is 1.28 bits per heavy atom. The summed E-state index contributed by atoms with van der Waals surface area (Å²) in [7, 11) is 1.65. The Morgan fingerprint density at radius 3 is 2.78 bits per heavy atom. The maximum absolute atomic E-state index is 5.52. The third-order valence-electron chi connectivity index (χ3n) is 3.06. The van der Waals surface area contributed by atoms with Gasteiger partial charge in [-0.15, -0.1) is 0 Å². The van der Waals surface area contributed by atoms with E-state index in [1.54, 1.807) is 7.11 Å². The van der Waals surface area contributed by atoms with Gasteiger partial charge in [0.05, 0.1) is 6.61 Å². The topological polar surface area (TPSA) is 56.3 Å². The average molecular weight is 251 g/mol. The molecule has 5 nitrogen and oxygen atoms in total. The first-order valence-corrected chi connectivity index (χ1v) is 6.52. The van der Waals surface area contributed by atoms with Gasteiger partial charge >= 0.3 is 0 Å². The standard InChI is InChI=1S/C13H21N3O2/c1-10-14-12(16-11-5-3-4-6-11)9-13(15-10)18-8-7-17-2/h9,11H,3-8H2,1-2H3,(H,14,15,16). The Balaban J connectivity index is 1.96. The monoisotopic (exact) mass is 251 g/mol. The summed E-state index contributed by atoms with van der Waals surface area (Å²) in [6.45, 7) is 2.95. The van der Waals surface area contributed by atoms with Crippen molar-refractivity contribution in [2.75, 3.05) is 25.6 Å². The van der Waals surface area contributed by atoms with Crippen LogP contribution in [0.25, 0.3) is 0 Å². The van der Waals surface area contributed by atoms with E-state index in [-0.39, 0.29) is 0 Å². The lowest BCUT2D eigenvalue weighted by molar-refractivity contribution is 0.143. The van der Waals surface area contributed by atoms with E-state index in [0.29, 0.717) is 25.1 Å². The smallest absolute Gasteiger partial charge is 0.218 e. The highest BCUT2D eigenvalue weighted by atomic mass is 16.5. The SMILES string of the molecule is COCCOc1cc(NC2CCCC2)nc(C)n1. The van der Waals surface area contributed by atoms with Gasteiger partial charge in [0.2, 0.25) is 5.88 Å². The van der Waals surface area contributed by atoms with Gasteiger partial charge in [0.15, 0.2) is 0 Å². The predicted octanol–water partition coefficient (Wildman–Crippen LogP) is 2.16. The molecule has 0 atom stereocenters. The van der Waals surface area contributed by atoms with Crippen molar-refractivity contribution in [1.29, 1.82) is 0 Å². The number of aryl methyl sites for hydroxylation is 1. The third kappa shape index (κ3) is 3.84. The Hall–Kier alpha value is -1.36. The third-order valence-corrected chi connectivity index (χ3v) is 3.06. The number of hydrogen-bond acceptors (Lipinski definition) is 5. The molecule has 0 spiro atoms. The van der Waals surface area contributed by atoms with Gasteiger partial charge in [-0.1, -0.05) is 12.8 Å². The van der Waals surface area contributed by atoms with Crippen molar-refractivity contribution in [3.63, 3.8) is 0 Å². The summed E-state index contributed by atoms with van der Waals surface area (Å²) in [6.07, 6.45) is 5.06. The second-order valence-electron chi connectivity index (χ2n) is 4.61. The number of aromatic nitrogens is 2.